The van der Waals surface area contributed by atoms with Crippen LogP contribution < -0.4 is 26.6 Å². The molecule has 27 heteroatoms. The highest BCUT2D eigenvalue weighted by Crippen LogP contribution is 2.42. The van der Waals surface area contributed by atoms with Gasteiger partial charge >= 0.3 is 49.4 Å². The summed E-state index contributed by atoms with van der Waals surface area (Å²) in [6.45, 7) is 6.21. The lowest BCUT2D eigenvalue weighted by Gasteiger charge is -2.46. The standard InChI is InChI=1S/C32H12BF24.C22H23OS/c34-25(35,36)13-1-14(26(37,38)39)6-21(5-13)33(22-7-15(27(40,41)42)2-16(8-22)28(43,44)45,23-9-17(29(46,47)48)3-18(10-23)30(49,50)51)24-11-19(31(52,53)54)4-20(12-24)32(55,56)57;1-22(2,3)23-18-14-16-21(17-15-18)24(19-10-6-4-7-11-19)20-12-8-5-9-13-20/h1-12H;4-17H,1-3H3/q-1;+1. The summed E-state index contributed by atoms with van der Waals surface area (Å²) in [7, 11) is -0.102. The minimum Gasteiger partial charge on any atom is -0.488 e. The number of hydrogen-bond acceptors (Lipinski definition) is 1. The van der Waals surface area contributed by atoms with Gasteiger partial charge in [0.15, 0.2) is 14.7 Å². The zero-order valence-corrected chi connectivity index (χ0v) is 41.8. The maximum absolute atomic E-state index is 14.2. The summed E-state index contributed by atoms with van der Waals surface area (Å²) in [5.74, 6) is 0.913. The maximum atomic E-state index is 14.2. The molecule has 0 atom stereocenters. The summed E-state index contributed by atoms with van der Waals surface area (Å²) >= 11 is 0. The summed E-state index contributed by atoms with van der Waals surface area (Å²) in [5.41, 5.74) is -30.4. The molecule has 0 radical (unpaired) electrons. The zero-order valence-electron chi connectivity index (χ0n) is 41.0. The first kappa shape index (κ1) is 63.3. The molecule has 7 rings (SSSR count). The Bertz CT molecular complexity index is 2830. The first-order chi connectivity index (χ1) is 36.8. The average Bonchev–Trinajstić information content (AvgIpc) is 3.05. The van der Waals surface area contributed by atoms with Gasteiger partial charge in [-0.25, -0.2) is 0 Å². The van der Waals surface area contributed by atoms with Gasteiger partial charge in [-0.2, -0.15) is 127 Å². The van der Waals surface area contributed by atoms with Crippen molar-refractivity contribution in [3.8, 4) is 5.75 Å². The van der Waals surface area contributed by atoms with Crippen molar-refractivity contribution in [1.82, 2.24) is 0 Å². The van der Waals surface area contributed by atoms with Crippen LogP contribution >= 0.6 is 0 Å². The van der Waals surface area contributed by atoms with Gasteiger partial charge in [-0.15, -0.1) is 0 Å². The summed E-state index contributed by atoms with van der Waals surface area (Å²) in [4.78, 5) is 3.95. The van der Waals surface area contributed by atoms with Gasteiger partial charge in [-0.1, -0.05) is 84.9 Å². The Balaban J connectivity index is 0.000000363. The molecule has 0 aromatic heterocycles. The van der Waals surface area contributed by atoms with Crippen molar-refractivity contribution in [1.29, 1.82) is 0 Å². The van der Waals surface area contributed by atoms with Crippen LogP contribution in [0.1, 0.15) is 65.3 Å². The van der Waals surface area contributed by atoms with E-state index < -0.39 is 195 Å². The van der Waals surface area contributed by atoms with E-state index in [1.807, 2.05) is 0 Å². The Morgan fingerprint density at radius 1 is 0.272 bits per heavy atom. The van der Waals surface area contributed by atoms with E-state index >= 15 is 0 Å². The van der Waals surface area contributed by atoms with Gasteiger partial charge < -0.3 is 4.74 Å². The minimum atomic E-state index is -6.13. The Labute approximate surface area is 446 Å². The smallest absolute Gasteiger partial charge is 0.416 e. The zero-order chi connectivity index (χ0) is 60.9. The third kappa shape index (κ3) is 15.2. The van der Waals surface area contributed by atoms with Crippen LogP contribution in [0.4, 0.5) is 105 Å². The van der Waals surface area contributed by atoms with Gasteiger partial charge in [0.1, 0.15) is 17.5 Å². The van der Waals surface area contributed by atoms with Gasteiger partial charge in [0.2, 0.25) is 0 Å². The largest absolute Gasteiger partial charge is 0.488 e. The molecule has 81 heavy (non-hydrogen) atoms. The molecule has 0 spiro atoms. The normalized spacial score (nSPS) is 13.5. The van der Waals surface area contributed by atoms with Crippen LogP contribution in [0, 0.1) is 0 Å². The second kappa shape index (κ2) is 22.1. The van der Waals surface area contributed by atoms with E-state index in [0.717, 1.165) is 5.75 Å². The van der Waals surface area contributed by atoms with Crippen LogP contribution in [0.25, 0.3) is 0 Å². The fourth-order valence-electron chi connectivity index (χ4n) is 8.59. The van der Waals surface area contributed by atoms with Gasteiger partial charge in [0.05, 0.1) is 55.4 Å². The van der Waals surface area contributed by atoms with E-state index in [0.29, 0.717) is 0 Å². The first-order valence-electron chi connectivity index (χ1n) is 22.8. The lowest BCUT2D eigenvalue weighted by atomic mass is 9.12. The molecule has 0 amide bonds. The molecule has 0 aliphatic rings. The predicted octanol–water partition coefficient (Wildman–Crippen LogP) is 17.2. The fraction of sp³-hybridized carbons (Fsp3) is 0.222. The van der Waals surface area contributed by atoms with E-state index in [1.54, 1.807) is 0 Å². The molecule has 0 heterocycles. The second-order valence-electron chi connectivity index (χ2n) is 18.8. The second-order valence-corrected chi connectivity index (χ2v) is 20.9. The predicted molar refractivity (Wildman–Crippen MR) is 252 cm³/mol. The van der Waals surface area contributed by atoms with E-state index in [9.17, 15) is 105 Å². The minimum absolute atomic E-state index is 0.102. The quantitative estimate of drug-likeness (QED) is 0.0837. The van der Waals surface area contributed by atoms with Crippen LogP contribution in [0.3, 0.4) is 0 Å². The Hall–Kier alpha value is -6.93. The van der Waals surface area contributed by atoms with E-state index in [-0.39, 0.29) is 16.5 Å². The molecule has 0 N–H and O–H groups in total. The van der Waals surface area contributed by atoms with Gasteiger partial charge in [-0.3, -0.25) is 0 Å². The van der Waals surface area contributed by atoms with E-state index in [2.05, 4.69) is 106 Å². The molecule has 0 fully saturated rings. The number of halogens is 24. The molecule has 0 unspecified atom stereocenters. The first-order valence-corrected chi connectivity index (χ1v) is 24.0. The molecule has 7 aromatic rings. The molecule has 0 aliphatic carbocycles. The molecular weight excluding hydrogens is 1160 g/mol. The van der Waals surface area contributed by atoms with Gasteiger partial charge in [0.25, 0.3) is 0 Å². The van der Waals surface area contributed by atoms with Crippen LogP contribution in [0.15, 0.2) is 172 Å². The summed E-state index contributed by atoms with van der Waals surface area (Å²) < 4.78 is 347. The molecule has 0 aliphatic heterocycles. The molecule has 0 bridgehead atoms. The van der Waals surface area contributed by atoms with Gasteiger partial charge in [0, 0.05) is 0 Å². The Kier molecular flexibility index (Phi) is 17.3. The lowest BCUT2D eigenvalue weighted by Crippen LogP contribution is -2.75. The number of hydrogen-bond donors (Lipinski definition) is 0. The third-order valence-corrected chi connectivity index (χ3v) is 14.1. The van der Waals surface area contributed by atoms with Crippen molar-refractivity contribution in [2.45, 2.75) is 90.5 Å². The molecular formula is C54H35BF24OS. The Morgan fingerprint density at radius 2 is 0.469 bits per heavy atom. The molecule has 7 aromatic carbocycles. The van der Waals surface area contributed by atoms with Crippen molar-refractivity contribution >= 4 is 38.9 Å². The number of benzene rings is 7. The van der Waals surface area contributed by atoms with Crippen molar-refractivity contribution in [3.63, 3.8) is 0 Å². The fourth-order valence-corrected chi connectivity index (χ4v) is 10.7. The molecule has 1 nitrogen and oxygen atoms in total. The number of alkyl halides is 24. The molecule has 0 saturated heterocycles. The monoisotopic (exact) mass is 1200 g/mol. The van der Waals surface area contributed by atoms with E-state index in [4.69, 9.17) is 4.74 Å². The van der Waals surface area contributed by atoms with Crippen molar-refractivity contribution in [3.05, 3.63) is 202 Å². The highest BCUT2D eigenvalue weighted by atomic mass is 32.2. The van der Waals surface area contributed by atoms with Crippen LogP contribution in [0.2, 0.25) is 0 Å². The lowest BCUT2D eigenvalue weighted by molar-refractivity contribution is -0.144. The van der Waals surface area contributed by atoms with Crippen molar-refractivity contribution < 1.29 is 110 Å². The van der Waals surface area contributed by atoms with Crippen LogP contribution in [0.5, 0.6) is 5.75 Å². The topological polar surface area (TPSA) is 9.23 Å². The summed E-state index contributed by atoms with van der Waals surface area (Å²) in [6.07, 6.45) is -54.8. The SMILES string of the molecule is CC(C)(C)Oc1ccc([S+](c2ccccc2)c2ccccc2)cc1.FC(F)(F)c1cc([B-](c2cc(C(F)(F)F)cc(C(F)(F)F)c2)(c2cc(C(F)(F)F)cc(C(F)(F)F)c2)c2cc(C(F)(F)F)cc(C(F)(F)F)c2)cc(C(F)(F)F)c1. The number of ether oxygens (including phenoxy) is 1. The van der Waals surface area contributed by atoms with Gasteiger partial charge in [-0.05, 0) is 93.6 Å². The third-order valence-electron chi connectivity index (χ3n) is 11.9. The number of rotatable bonds is 8. The van der Waals surface area contributed by atoms with E-state index in [1.165, 1.54) is 14.7 Å². The molecule has 0 saturated carbocycles. The maximum Gasteiger partial charge on any atom is 0.416 e. The van der Waals surface area contributed by atoms with Crippen LogP contribution in [-0.2, 0) is 60.3 Å². The summed E-state index contributed by atoms with van der Waals surface area (Å²) in [5, 5.41) is 0. The van der Waals surface area contributed by atoms with Crippen molar-refractivity contribution in [2.75, 3.05) is 0 Å². The molecule has 434 valence electrons. The van der Waals surface area contributed by atoms with Crippen LogP contribution in [-0.4, -0.2) is 11.7 Å². The Morgan fingerprint density at radius 3 is 0.654 bits per heavy atom. The summed E-state index contributed by atoms with van der Waals surface area (Å²) in [6, 6.07) is 21.1. The average molecular weight is 1200 g/mol. The van der Waals surface area contributed by atoms with Crippen molar-refractivity contribution in [2.24, 2.45) is 0 Å². The highest BCUT2D eigenvalue weighted by Gasteiger charge is 2.47. The highest BCUT2D eigenvalue weighted by molar-refractivity contribution is 7.97.